The van der Waals surface area contributed by atoms with Gasteiger partial charge in [-0.2, -0.15) is 9.61 Å². The molecule has 118 valence electrons. The SMILES string of the molecule is CCCCc1nn2c(=O)c(NC(=O)c3ccccc3)cnc2s1. The number of nitrogens with zero attached hydrogens (tertiary/aromatic N) is 3. The van der Waals surface area contributed by atoms with Crippen molar-refractivity contribution in [1.82, 2.24) is 14.6 Å². The molecule has 1 aromatic carbocycles. The Kier molecular flexibility index (Phi) is 4.47. The van der Waals surface area contributed by atoms with E-state index in [1.54, 1.807) is 24.3 Å². The van der Waals surface area contributed by atoms with Gasteiger partial charge in [0.15, 0.2) is 0 Å². The zero-order valence-corrected chi connectivity index (χ0v) is 13.5. The first-order valence-corrected chi connectivity index (χ1v) is 8.25. The van der Waals surface area contributed by atoms with Gasteiger partial charge in [-0.15, -0.1) is 0 Å². The quantitative estimate of drug-likeness (QED) is 0.781. The Balaban J connectivity index is 1.88. The summed E-state index contributed by atoms with van der Waals surface area (Å²) in [7, 11) is 0. The molecular weight excluding hydrogens is 312 g/mol. The lowest BCUT2D eigenvalue weighted by Crippen LogP contribution is -2.23. The molecular formula is C16H16N4O2S. The summed E-state index contributed by atoms with van der Waals surface area (Å²) < 4.78 is 1.26. The summed E-state index contributed by atoms with van der Waals surface area (Å²) in [6.45, 7) is 2.11. The lowest BCUT2D eigenvalue weighted by atomic mass is 10.2. The minimum atomic E-state index is -0.363. The Morgan fingerprint density at radius 3 is 2.83 bits per heavy atom. The van der Waals surface area contributed by atoms with Crippen LogP contribution in [0.25, 0.3) is 4.96 Å². The van der Waals surface area contributed by atoms with Crippen molar-refractivity contribution in [2.45, 2.75) is 26.2 Å². The number of carbonyl (C=O) groups excluding carboxylic acids is 1. The number of fused-ring (bicyclic) bond motifs is 1. The molecule has 0 aliphatic heterocycles. The first kappa shape index (κ1) is 15.4. The normalized spacial score (nSPS) is 10.8. The Morgan fingerprint density at radius 2 is 2.09 bits per heavy atom. The smallest absolute Gasteiger partial charge is 0.298 e. The van der Waals surface area contributed by atoms with Crippen LogP contribution < -0.4 is 10.9 Å². The van der Waals surface area contributed by atoms with Gasteiger partial charge in [0.05, 0.1) is 6.20 Å². The van der Waals surface area contributed by atoms with Crippen molar-refractivity contribution in [3.63, 3.8) is 0 Å². The van der Waals surface area contributed by atoms with Crippen LogP contribution in [0.4, 0.5) is 5.69 Å². The highest BCUT2D eigenvalue weighted by atomic mass is 32.1. The lowest BCUT2D eigenvalue weighted by molar-refractivity contribution is 0.102. The fourth-order valence-corrected chi connectivity index (χ4v) is 3.02. The van der Waals surface area contributed by atoms with Crippen LogP contribution in [-0.2, 0) is 6.42 Å². The van der Waals surface area contributed by atoms with Gasteiger partial charge in [-0.3, -0.25) is 9.59 Å². The van der Waals surface area contributed by atoms with E-state index in [2.05, 4.69) is 22.3 Å². The van der Waals surface area contributed by atoms with E-state index in [9.17, 15) is 9.59 Å². The predicted molar refractivity (Wildman–Crippen MR) is 90.1 cm³/mol. The molecule has 0 spiro atoms. The maximum Gasteiger partial charge on any atom is 0.298 e. The highest BCUT2D eigenvalue weighted by Crippen LogP contribution is 2.14. The summed E-state index contributed by atoms with van der Waals surface area (Å²) >= 11 is 1.40. The van der Waals surface area contributed by atoms with Crippen molar-refractivity contribution in [2.24, 2.45) is 0 Å². The number of amides is 1. The Bertz CT molecular complexity index is 886. The summed E-state index contributed by atoms with van der Waals surface area (Å²) in [5.41, 5.74) is 0.251. The first-order valence-electron chi connectivity index (χ1n) is 7.43. The number of aromatic nitrogens is 3. The molecule has 2 heterocycles. The maximum atomic E-state index is 12.4. The van der Waals surface area contributed by atoms with E-state index in [-0.39, 0.29) is 17.2 Å². The number of nitrogens with one attached hydrogen (secondary N) is 1. The number of aryl methyl sites for hydroxylation is 1. The minimum absolute atomic E-state index is 0.128. The van der Waals surface area contributed by atoms with Crippen molar-refractivity contribution >= 4 is 27.9 Å². The molecule has 0 saturated heterocycles. The van der Waals surface area contributed by atoms with Gasteiger partial charge >= 0.3 is 0 Å². The minimum Gasteiger partial charge on any atom is -0.316 e. The molecule has 6 nitrogen and oxygen atoms in total. The zero-order chi connectivity index (χ0) is 16.2. The van der Waals surface area contributed by atoms with E-state index in [0.717, 1.165) is 24.3 Å². The lowest BCUT2D eigenvalue weighted by Gasteiger charge is -2.03. The number of rotatable bonds is 5. The van der Waals surface area contributed by atoms with Crippen molar-refractivity contribution in [1.29, 1.82) is 0 Å². The van der Waals surface area contributed by atoms with E-state index in [1.165, 1.54) is 22.0 Å². The molecule has 0 saturated carbocycles. The van der Waals surface area contributed by atoms with Gasteiger partial charge in [0.2, 0.25) is 4.96 Å². The second kappa shape index (κ2) is 6.70. The topological polar surface area (TPSA) is 76.4 Å². The molecule has 3 aromatic rings. The zero-order valence-electron chi connectivity index (χ0n) is 12.7. The van der Waals surface area contributed by atoms with Crippen molar-refractivity contribution < 1.29 is 4.79 Å². The molecule has 1 N–H and O–H groups in total. The molecule has 0 radical (unpaired) electrons. The monoisotopic (exact) mass is 328 g/mol. The van der Waals surface area contributed by atoms with Crippen LogP contribution in [0.5, 0.6) is 0 Å². The second-order valence-corrected chi connectivity index (χ2v) is 6.13. The summed E-state index contributed by atoms with van der Waals surface area (Å²) in [5, 5.41) is 7.78. The van der Waals surface area contributed by atoms with Gasteiger partial charge in [0.1, 0.15) is 10.7 Å². The first-order chi connectivity index (χ1) is 11.2. The fraction of sp³-hybridized carbons (Fsp3) is 0.250. The summed E-state index contributed by atoms with van der Waals surface area (Å²) in [5.74, 6) is -0.342. The molecule has 23 heavy (non-hydrogen) atoms. The summed E-state index contributed by atoms with van der Waals surface area (Å²) in [4.78, 5) is 29.3. The molecule has 0 unspecified atom stereocenters. The molecule has 0 bridgehead atoms. The fourth-order valence-electron chi connectivity index (χ4n) is 2.12. The molecule has 7 heteroatoms. The molecule has 0 aliphatic rings. The third-order valence-electron chi connectivity index (χ3n) is 3.36. The van der Waals surface area contributed by atoms with Crippen molar-refractivity contribution in [3.8, 4) is 0 Å². The van der Waals surface area contributed by atoms with E-state index >= 15 is 0 Å². The van der Waals surface area contributed by atoms with Gasteiger partial charge in [0.25, 0.3) is 11.5 Å². The van der Waals surface area contributed by atoms with E-state index in [0.29, 0.717) is 10.5 Å². The second-order valence-electron chi connectivity index (χ2n) is 5.09. The summed E-state index contributed by atoms with van der Waals surface area (Å²) in [6.07, 6.45) is 4.30. The van der Waals surface area contributed by atoms with Crippen LogP contribution in [0, 0.1) is 0 Å². The number of hydrogen-bond acceptors (Lipinski definition) is 5. The van der Waals surface area contributed by atoms with Gasteiger partial charge in [0, 0.05) is 12.0 Å². The van der Waals surface area contributed by atoms with Crippen LogP contribution in [-0.4, -0.2) is 20.5 Å². The largest absolute Gasteiger partial charge is 0.316 e. The number of anilines is 1. The third kappa shape index (κ3) is 3.29. The van der Waals surface area contributed by atoms with Crippen LogP contribution in [0.15, 0.2) is 41.3 Å². The highest BCUT2D eigenvalue weighted by Gasteiger charge is 2.13. The van der Waals surface area contributed by atoms with Crippen LogP contribution in [0.1, 0.15) is 35.1 Å². The van der Waals surface area contributed by atoms with Gasteiger partial charge in [-0.1, -0.05) is 42.9 Å². The Labute approximate surface area is 136 Å². The Morgan fingerprint density at radius 1 is 1.30 bits per heavy atom. The molecule has 0 atom stereocenters. The average molecular weight is 328 g/mol. The highest BCUT2D eigenvalue weighted by molar-refractivity contribution is 7.16. The number of hydrogen-bond donors (Lipinski definition) is 1. The maximum absolute atomic E-state index is 12.4. The molecule has 0 fully saturated rings. The molecule has 3 rings (SSSR count). The molecule has 2 aromatic heterocycles. The number of unbranched alkanes of at least 4 members (excludes halogenated alkanes) is 1. The van der Waals surface area contributed by atoms with E-state index in [1.807, 2.05) is 6.07 Å². The van der Waals surface area contributed by atoms with Gasteiger partial charge in [-0.25, -0.2) is 4.98 Å². The van der Waals surface area contributed by atoms with Crippen LogP contribution >= 0.6 is 11.3 Å². The molecule has 0 aliphatic carbocycles. The number of carbonyl (C=O) groups is 1. The van der Waals surface area contributed by atoms with Crippen molar-refractivity contribution in [2.75, 3.05) is 5.32 Å². The van der Waals surface area contributed by atoms with Gasteiger partial charge < -0.3 is 5.32 Å². The van der Waals surface area contributed by atoms with Gasteiger partial charge in [-0.05, 0) is 18.6 Å². The number of benzene rings is 1. The summed E-state index contributed by atoms with van der Waals surface area (Å²) in [6, 6.07) is 8.73. The third-order valence-corrected chi connectivity index (χ3v) is 4.34. The van der Waals surface area contributed by atoms with E-state index < -0.39 is 0 Å². The van der Waals surface area contributed by atoms with Crippen LogP contribution in [0.3, 0.4) is 0 Å². The standard InChI is InChI=1S/C16H16N4O2S/c1-2-3-9-13-19-20-15(22)12(10-17-16(20)23-13)18-14(21)11-7-5-4-6-8-11/h4-8,10H,2-3,9H2,1H3,(H,18,21). The van der Waals surface area contributed by atoms with E-state index in [4.69, 9.17) is 0 Å². The van der Waals surface area contributed by atoms with Crippen LogP contribution in [0.2, 0.25) is 0 Å². The molecule has 1 amide bonds. The van der Waals surface area contributed by atoms with Crippen molar-refractivity contribution in [3.05, 3.63) is 57.5 Å². The average Bonchev–Trinajstić information content (AvgIpc) is 3.00. The predicted octanol–water partition coefficient (Wildman–Crippen LogP) is 2.75. The Hall–Kier alpha value is -2.54.